The fraction of sp³-hybridized carbons (Fsp3) is 0.125. The number of pyridine rings is 2. The van der Waals surface area contributed by atoms with E-state index in [0.717, 1.165) is 11.3 Å². The lowest BCUT2D eigenvalue weighted by atomic mass is 10.0. The molecule has 0 bridgehead atoms. The minimum Gasteiger partial charge on any atom is -0.398 e. The Morgan fingerprint density at radius 1 is 1.15 bits per heavy atom. The van der Waals surface area contributed by atoms with Crippen LogP contribution in [0, 0.1) is 6.92 Å². The minimum absolute atomic E-state index is 0.00880. The fourth-order valence-corrected chi connectivity index (χ4v) is 2.28. The van der Waals surface area contributed by atoms with E-state index in [1.165, 1.54) is 0 Å². The number of para-hydroxylation sites is 1. The molecule has 0 aliphatic carbocycles. The lowest BCUT2D eigenvalue weighted by Gasteiger charge is -2.06. The number of aromatic amines is 1. The van der Waals surface area contributed by atoms with E-state index in [4.69, 9.17) is 5.73 Å². The van der Waals surface area contributed by atoms with E-state index < -0.39 is 0 Å². The Kier molecular flexibility index (Phi) is 2.99. The van der Waals surface area contributed by atoms with Crippen LogP contribution in [0.25, 0.3) is 11.0 Å². The molecule has 0 saturated heterocycles. The van der Waals surface area contributed by atoms with Gasteiger partial charge in [-0.1, -0.05) is 18.2 Å². The molecule has 2 aromatic heterocycles. The van der Waals surface area contributed by atoms with Crippen molar-refractivity contribution in [3.63, 3.8) is 0 Å². The van der Waals surface area contributed by atoms with Crippen LogP contribution in [-0.2, 0) is 6.42 Å². The lowest BCUT2D eigenvalue weighted by Crippen LogP contribution is -2.12. The number of nitrogens with one attached hydrogen (secondary N) is 1. The summed E-state index contributed by atoms with van der Waals surface area (Å²) in [5, 5.41) is 0.614. The predicted octanol–water partition coefficient (Wildman–Crippen LogP) is 2.40. The zero-order valence-corrected chi connectivity index (χ0v) is 11.2. The van der Waals surface area contributed by atoms with E-state index in [0.29, 0.717) is 28.7 Å². The summed E-state index contributed by atoms with van der Waals surface area (Å²) in [4.78, 5) is 19.9. The highest BCUT2D eigenvalue weighted by Gasteiger charge is 2.08. The molecule has 20 heavy (non-hydrogen) atoms. The molecule has 0 saturated carbocycles. The van der Waals surface area contributed by atoms with Gasteiger partial charge in [-0.3, -0.25) is 4.79 Å². The van der Waals surface area contributed by atoms with Gasteiger partial charge in [-0.05, 0) is 30.7 Å². The summed E-state index contributed by atoms with van der Waals surface area (Å²) in [6, 6.07) is 11.2. The molecule has 100 valence electrons. The number of aryl methyl sites for hydroxylation is 1. The molecule has 0 aliphatic rings. The maximum atomic E-state index is 12.5. The molecule has 2 heterocycles. The number of hydrogen-bond donors (Lipinski definition) is 2. The Hall–Kier alpha value is -2.62. The van der Waals surface area contributed by atoms with Crippen LogP contribution >= 0.6 is 0 Å². The van der Waals surface area contributed by atoms with Crippen LogP contribution in [0.2, 0.25) is 0 Å². The third-order valence-corrected chi connectivity index (χ3v) is 3.39. The van der Waals surface area contributed by atoms with E-state index in [9.17, 15) is 4.79 Å². The first-order valence-electron chi connectivity index (χ1n) is 6.46. The second-order valence-electron chi connectivity index (χ2n) is 4.87. The molecule has 0 aliphatic heterocycles. The van der Waals surface area contributed by atoms with Crippen LogP contribution in [0.4, 0.5) is 5.69 Å². The smallest absolute Gasteiger partial charge is 0.194 e. The number of nitrogen functional groups attached to an aromatic ring is 1. The third-order valence-electron chi connectivity index (χ3n) is 3.39. The molecule has 0 amide bonds. The van der Waals surface area contributed by atoms with Gasteiger partial charge in [0.25, 0.3) is 0 Å². The summed E-state index contributed by atoms with van der Waals surface area (Å²) in [6.07, 6.45) is 2.25. The van der Waals surface area contributed by atoms with Gasteiger partial charge >= 0.3 is 0 Å². The molecule has 4 heteroatoms. The summed E-state index contributed by atoms with van der Waals surface area (Å²) in [7, 11) is 0. The highest BCUT2D eigenvalue weighted by Crippen LogP contribution is 2.15. The molecule has 3 N–H and O–H groups in total. The van der Waals surface area contributed by atoms with Crippen molar-refractivity contribution in [2.24, 2.45) is 0 Å². The maximum absolute atomic E-state index is 12.5. The van der Waals surface area contributed by atoms with Crippen LogP contribution < -0.4 is 11.2 Å². The van der Waals surface area contributed by atoms with Gasteiger partial charge in [-0.15, -0.1) is 0 Å². The molecule has 3 rings (SSSR count). The molecule has 1 aromatic carbocycles. The van der Waals surface area contributed by atoms with Crippen LogP contribution in [0.3, 0.4) is 0 Å². The number of aromatic nitrogens is 2. The third kappa shape index (κ3) is 2.16. The largest absolute Gasteiger partial charge is 0.398 e. The average molecular weight is 265 g/mol. The van der Waals surface area contributed by atoms with Crippen LogP contribution in [0.15, 0.2) is 47.4 Å². The Balaban J connectivity index is 2.09. The van der Waals surface area contributed by atoms with Crippen molar-refractivity contribution in [2.75, 3.05) is 5.73 Å². The van der Waals surface area contributed by atoms with Crippen LogP contribution in [0.1, 0.15) is 16.8 Å². The minimum atomic E-state index is 0.00880. The maximum Gasteiger partial charge on any atom is 0.194 e. The summed E-state index contributed by atoms with van der Waals surface area (Å²) in [6.45, 7) is 1.90. The van der Waals surface area contributed by atoms with Crippen molar-refractivity contribution in [3.8, 4) is 0 Å². The number of hydrogen-bond acceptors (Lipinski definition) is 3. The first-order chi connectivity index (χ1) is 9.65. The van der Waals surface area contributed by atoms with Crippen molar-refractivity contribution in [2.45, 2.75) is 13.3 Å². The highest BCUT2D eigenvalue weighted by molar-refractivity contribution is 5.75. The van der Waals surface area contributed by atoms with Crippen LogP contribution in [0.5, 0.6) is 0 Å². The highest BCUT2D eigenvalue weighted by atomic mass is 16.1. The van der Waals surface area contributed by atoms with E-state index >= 15 is 0 Å². The van der Waals surface area contributed by atoms with Crippen molar-refractivity contribution in [1.82, 2.24) is 9.97 Å². The monoisotopic (exact) mass is 265 g/mol. The fourth-order valence-electron chi connectivity index (χ4n) is 2.28. The number of rotatable bonds is 2. The average Bonchev–Trinajstić information content (AvgIpc) is 2.44. The van der Waals surface area contributed by atoms with Gasteiger partial charge in [-0.2, -0.15) is 0 Å². The Morgan fingerprint density at radius 3 is 2.75 bits per heavy atom. The molecule has 0 unspecified atom stereocenters. The van der Waals surface area contributed by atoms with Gasteiger partial charge in [-0.25, -0.2) is 4.98 Å². The molecule has 0 spiro atoms. The van der Waals surface area contributed by atoms with Gasteiger partial charge < -0.3 is 10.7 Å². The lowest BCUT2D eigenvalue weighted by molar-refractivity contribution is 1.12. The topological polar surface area (TPSA) is 71.8 Å². The standard InChI is InChI=1S/C16H15N3O/c1-10-6-7-13-15(20)12(9-18-16(13)19-10)8-11-4-2-3-5-14(11)17/h2-7,9H,8,17H2,1H3,(H,18,19,20). The summed E-state index contributed by atoms with van der Waals surface area (Å²) in [5.41, 5.74) is 9.80. The summed E-state index contributed by atoms with van der Waals surface area (Å²) in [5.74, 6) is 0. The van der Waals surface area contributed by atoms with Gasteiger partial charge in [0, 0.05) is 29.6 Å². The molecule has 0 fully saturated rings. The number of anilines is 1. The second kappa shape index (κ2) is 4.81. The summed E-state index contributed by atoms with van der Waals surface area (Å²) >= 11 is 0. The van der Waals surface area contributed by atoms with Crippen molar-refractivity contribution in [1.29, 1.82) is 0 Å². The second-order valence-corrected chi connectivity index (χ2v) is 4.87. The zero-order valence-electron chi connectivity index (χ0n) is 11.2. The van der Waals surface area contributed by atoms with E-state index in [-0.39, 0.29) is 5.43 Å². The van der Waals surface area contributed by atoms with Gasteiger partial charge in [0.05, 0.1) is 5.39 Å². The zero-order chi connectivity index (χ0) is 14.1. The van der Waals surface area contributed by atoms with E-state index in [2.05, 4.69) is 9.97 Å². The van der Waals surface area contributed by atoms with E-state index in [1.807, 2.05) is 43.3 Å². The molecule has 0 atom stereocenters. The number of fused-ring (bicyclic) bond motifs is 1. The summed E-state index contributed by atoms with van der Waals surface area (Å²) < 4.78 is 0. The number of nitrogens with zero attached hydrogens (tertiary/aromatic N) is 1. The Labute approximate surface area is 116 Å². The Bertz CT molecular complexity index is 836. The van der Waals surface area contributed by atoms with Gasteiger partial charge in [0.2, 0.25) is 0 Å². The SMILES string of the molecule is Cc1ccc2c(=O)c(Cc3ccccc3N)c[nH]c2n1. The molecule has 0 radical (unpaired) electrons. The molecule has 3 aromatic rings. The van der Waals surface area contributed by atoms with E-state index in [1.54, 1.807) is 6.20 Å². The number of benzene rings is 1. The van der Waals surface area contributed by atoms with Gasteiger partial charge in [0.15, 0.2) is 5.43 Å². The van der Waals surface area contributed by atoms with Crippen molar-refractivity contribution in [3.05, 3.63) is 69.6 Å². The first-order valence-corrected chi connectivity index (χ1v) is 6.46. The van der Waals surface area contributed by atoms with Gasteiger partial charge in [0.1, 0.15) is 5.65 Å². The first kappa shape index (κ1) is 12.4. The normalized spacial score (nSPS) is 10.8. The number of nitrogens with two attached hydrogens (primary N) is 1. The Morgan fingerprint density at radius 2 is 1.95 bits per heavy atom. The predicted molar refractivity (Wildman–Crippen MR) is 80.8 cm³/mol. The quantitative estimate of drug-likeness (QED) is 0.699. The van der Waals surface area contributed by atoms with Crippen molar-refractivity contribution >= 4 is 16.7 Å². The molecule has 4 nitrogen and oxygen atoms in total. The molecular weight excluding hydrogens is 250 g/mol. The van der Waals surface area contributed by atoms with Crippen LogP contribution in [-0.4, -0.2) is 9.97 Å². The number of H-pyrrole nitrogens is 1. The molecular formula is C16H15N3O. The van der Waals surface area contributed by atoms with Crippen molar-refractivity contribution < 1.29 is 0 Å².